The van der Waals surface area contributed by atoms with Crippen LogP contribution in [-0.2, 0) is 0 Å². The van der Waals surface area contributed by atoms with Gasteiger partial charge < -0.3 is 20.7 Å². The number of likely N-dealkylation sites (tertiary alicyclic amines) is 1. The lowest BCUT2D eigenvalue weighted by atomic mass is 9.90. The Labute approximate surface area is 154 Å². The van der Waals surface area contributed by atoms with Crippen LogP contribution in [0.3, 0.4) is 0 Å². The lowest BCUT2D eigenvalue weighted by Crippen LogP contribution is -2.34. The Morgan fingerprint density at radius 2 is 2.12 bits per heavy atom. The van der Waals surface area contributed by atoms with Gasteiger partial charge in [-0.3, -0.25) is 4.79 Å². The number of amides is 1. The molecule has 6 heteroatoms. The number of hydrogen-bond donors (Lipinski definition) is 2. The second-order valence-electron chi connectivity index (χ2n) is 6.97. The second-order valence-corrected chi connectivity index (χ2v) is 6.97. The van der Waals surface area contributed by atoms with Crippen molar-refractivity contribution in [3.8, 4) is 5.75 Å². The minimum Gasteiger partial charge on any atom is -0.494 e. The third kappa shape index (κ3) is 3.96. The third-order valence-corrected chi connectivity index (χ3v) is 4.80. The first kappa shape index (κ1) is 18.2. The fourth-order valence-corrected chi connectivity index (χ4v) is 3.15. The Morgan fingerprint density at radius 3 is 2.77 bits per heavy atom. The molecule has 0 aliphatic carbocycles. The predicted octanol–water partition coefficient (Wildman–Crippen LogP) is 3.03. The number of rotatable bonds is 6. The molecule has 1 unspecified atom stereocenters. The molecule has 1 aromatic heterocycles. The Morgan fingerprint density at radius 1 is 1.35 bits per heavy atom. The molecule has 0 radical (unpaired) electrons. The molecule has 1 aliphatic rings. The van der Waals surface area contributed by atoms with Gasteiger partial charge in [0.25, 0.3) is 5.91 Å². The Bertz CT molecular complexity index is 763. The normalized spacial score (nSPS) is 19.4. The molecule has 2 heterocycles. The summed E-state index contributed by atoms with van der Waals surface area (Å²) < 4.78 is 5.46. The lowest BCUT2D eigenvalue weighted by molar-refractivity contribution is 0.0777. The van der Waals surface area contributed by atoms with Gasteiger partial charge in [0.05, 0.1) is 12.2 Å². The molecule has 1 saturated heterocycles. The fraction of sp³-hybridized carbons (Fsp3) is 0.400. The van der Waals surface area contributed by atoms with Crippen molar-refractivity contribution in [2.24, 2.45) is 11.1 Å². The van der Waals surface area contributed by atoms with Crippen LogP contribution in [0.25, 0.3) is 0 Å². The number of hydrogen-bond acceptors (Lipinski definition) is 5. The summed E-state index contributed by atoms with van der Waals surface area (Å²) in [5, 5.41) is 3.24. The number of anilines is 2. The number of nitrogens with two attached hydrogens (primary N) is 1. The Balaban J connectivity index is 1.77. The van der Waals surface area contributed by atoms with E-state index in [1.807, 2.05) is 42.2 Å². The first-order valence-electron chi connectivity index (χ1n) is 8.99. The maximum Gasteiger partial charge on any atom is 0.257 e. The molecule has 138 valence electrons. The first-order chi connectivity index (χ1) is 12.5. The molecule has 6 nitrogen and oxygen atoms in total. The van der Waals surface area contributed by atoms with Gasteiger partial charge >= 0.3 is 0 Å². The molecule has 3 rings (SSSR count). The van der Waals surface area contributed by atoms with Crippen LogP contribution in [0.15, 0.2) is 42.6 Å². The van der Waals surface area contributed by atoms with Gasteiger partial charge in [0.1, 0.15) is 11.6 Å². The third-order valence-electron chi connectivity index (χ3n) is 4.80. The van der Waals surface area contributed by atoms with E-state index in [4.69, 9.17) is 10.5 Å². The summed E-state index contributed by atoms with van der Waals surface area (Å²) in [6, 6.07) is 11.2. The quantitative estimate of drug-likeness (QED) is 0.833. The van der Waals surface area contributed by atoms with E-state index in [0.29, 0.717) is 31.1 Å². The van der Waals surface area contributed by atoms with Gasteiger partial charge in [-0.25, -0.2) is 4.98 Å². The molecule has 0 saturated carbocycles. The van der Waals surface area contributed by atoms with E-state index in [0.717, 1.165) is 24.4 Å². The molecule has 0 bridgehead atoms. The molecule has 26 heavy (non-hydrogen) atoms. The summed E-state index contributed by atoms with van der Waals surface area (Å²) in [4.78, 5) is 19.2. The van der Waals surface area contributed by atoms with Crippen LogP contribution >= 0.6 is 0 Å². The standard InChI is InChI=1S/C20H26N4O2/c1-3-26-16-8-6-15(7-9-16)23-18-17(5-4-11-22-18)19(25)24-12-10-20(2,13-21)14-24/h4-9,11H,3,10,12-14,21H2,1-2H3,(H,22,23). The van der Waals surface area contributed by atoms with Gasteiger partial charge in [0.2, 0.25) is 0 Å². The number of ether oxygens (including phenoxy) is 1. The van der Waals surface area contributed by atoms with Crippen LogP contribution in [0, 0.1) is 5.41 Å². The van der Waals surface area contributed by atoms with Crippen molar-refractivity contribution in [1.29, 1.82) is 0 Å². The van der Waals surface area contributed by atoms with Crippen LogP contribution in [0.2, 0.25) is 0 Å². The van der Waals surface area contributed by atoms with Gasteiger partial charge in [0.15, 0.2) is 0 Å². The SMILES string of the molecule is CCOc1ccc(Nc2ncccc2C(=O)N2CCC(C)(CN)C2)cc1. The minimum atomic E-state index is -0.0105. The summed E-state index contributed by atoms with van der Waals surface area (Å²) in [6.45, 7) is 6.70. The largest absolute Gasteiger partial charge is 0.494 e. The number of benzene rings is 1. The summed E-state index contributed by atoms with van der Waals surface area (Å²) in [5.41, 5.74) is 7.29. The highest BCUT2D eigenvalue weighted by Gasteiger charge is 2.35. The zero-order chi connectivity index (χ0) is 18.6. The molecule has 1 aliphatic heterocycles. The average molecular weight is 354 g/mol. The summed E-state index contributed by atoms with van der Waals surface area (Å²) >= 11 is 0. The molecule has 3 N–H and O–H groups in total. The van der Waals surface area contributed by atoms with Gasteiger partial charge in [-0.1, -0.05) is 6.92 Å². The molecule has 1 fully saturated rings. The highest BCUT2D eigenvalue weighted by atomic mass is 16.5. The molecule has 1 aromatic carbocycles. The maximum atomic E-state index is 13.0. The molecule has 2 aromatic rings. The van der Waals surface area contributed by atoms with Crippen LogP contribution in [0.5, 0.6) is 5.75 Å². The van der Waals surface area contributed by atoms with Crippen molar-refractivity contribution >= 4 is 17.4 Å². The number of aromatic nitrogens is 1. The fourth-order valence-electron chi connectivity index (χ4n) is 3.15. The minimum absolute atomic E-state index is 0.000565. The molecule has 1 amide bonds. The van der Waals surface area contributed by atoms with E-state index < -0.39 is 0 Å². The van der Waals surface area contributed by atoms with Crippen LogP contribution < -0.4 is 15.8 Å². The van der Waals surface area contributed by atoms with Gasteiger partial charge in [0, 0.05) is 25.0 Å². The van der Waals surface area contributed by atoms with E-state index in [1.165, 1.54) is 0 Å². The van der Waals surface area contributed by atoms with Crippen molar-refractivity contribution in [2.45, 2.75) is 20.3 Å². The molecular formula is C20H26N4O2. The highest BCUT2D eigenvalue weighted by molar-refractivity contribution is 5.99. The topological polar surface area (TPSA) is 80.5 Å². The van der Waals surface area contributed by atoms with Gasteiger partial charge in [-0.15, -0.1) is 0 Å². The number of nitrogens with zero attached hydrogens (tertiary/aromatic N) is 2. The summed E-state index contributed by atoms with van der Waals surface area (Å²) in [5.74, 6) is 1.36. The van der Waals surface area contributed by atoms with E-state index >= 15 is 0 Å². The van der Waals surface area contributed by atoms with E-state index in [-0.39, 0.29) is 11.3 Å². The predicted molar refractivity (Wildman–Crippen MR) is 103 cm³/mol. The smallest absolute Gasteiger partial charge is 0.257 e. The van der Waals surface area contributed by atoms with Crippen molar-refractivity contribution in [3.05, 3.63) is 48.2 Å². The van der Waals surface area contributed by atoms with Crippen LogP contribution in [-0.4, -0.2) is 42.0 Å². The maximum absolute atomic E-state index is 13.0. The summed E-state index contributed by atoms with van der Waals surface area (Å²) in [7, 11) is 0. The van der Waals surface area contributed by atoms with Crippen molar-refractivity contribution in [2.75, 3.05) is 31.6 Å². The molecular weight excluding hydrogens is 328 g/mol. The highest BCUT2D eigenvalue weighted by Crippen LogP contribution is 2.30. The van der Waals surface area contributed by atoms with Crippen molar-refractivity contribution < 1.29 is 9.53 Å². The molecule has 0 spiro atoms. The number of nitrogens with one attached hydrogen (secondary N) is 1. The van der Waals surface area contributed by atoms with E-state index in [2.05, 4.69) is 17.2 Å². The van der Waals surface area contributed by atoms with Gasteiger partial charge in [-0.05, 0) is 61.7 Å². The monoisotopic (exact) mass is 354 g/mol. The summed E-state index contributed by atoms with van der Waals surface area (Å²) in [6.07, 6.45) is 2.61. The Kier molecular flexibility index (Phi) is 5.42. The molecule has 1 atom stereocenters. The zero-order valence-electron chi connectivity index (χ0n) is 15.4. The zero-order valence-corrected chi connectivity index (χ0v) is 15.4. The average Bonchev–Trinajstić information content (AvgIpc) is 3.06. The van der Waals surface area contributed by atoms with Crippen molar-refractivity contribution in [3.63, 3.8) is 0 Å². The first-order valence-corrected chi connectivity index (χ1v) is 8.99. The van der Waals surface area contributed by atoms with Crippen molar-refractivity contribution in [1.82, 2.24) is 9.88 Å². The van der Waals surface area contributed by atoms with E-state index in [9.17, 15) is 4.79 Å². The Hall–Kier alpha value is -2.60. The number of carbonyl (C=O) groups excluding carboxylic acids is 1. The lowest BCUT2D eigenvalue weighted by Gasteiger charge is -2.23. The number of pyridine rings is 1. The number of carbonyl (C=O) groups is 1. The van der Waals surface area contributed by atoms with Crippen LogP contribution in [0.1, 0.15) is 30.6 Å². The second kappa shape index (κ2) is 7.74. The van der Waals surface area contributed by atoms with Crippen LogP contribution in [0.4, 0.5) is 11.5 Å². The van der Waals surface area contributed by atoms with Gasteiger partial charge in [-0.2, -0.15) is 0 Å². The van der Waals surface area contributed by atoms with E-state index in [1.54, 1.807) is 12.3 Å².